The number of halogens is 1. The number of ether oxygens (including phenoxy) is 1. The molecule has 4 heteroatoms. The van der Waals surface area contributed by atoms with Gasteiger partial charge in [0.1, 0.15) is 11.9 Å². The van der Waals surface area contributed by atoms with E-state index in [1.807, 2.05) is 51.1 Å². The van der Waals surface area contributed by atoms with Crippen molar-refractivity contribution in [1.29, 1.82) is 0 Å². The Morgan fingerprint density at radius 2 is 2.00 bits per heavy atom. The van der Waals surface area contributed by atoms with Crippen LogP contribution in [-0.2, 0) is 0 Å². The highest BCUT2D eigenvalue weighted by Crippen LogP contribution is 2.34. The molecule has 2 aromatic rings. The molecule has 0 saturated heterocycles. The van der Waals surface area contributed by atoms with Crippen molar-refractivity contribution in [2.24, 2.45) is 0 Å². The fraction of sp³-hybridized carbons (Fsp3) is 0.333. The maximum Gasteiger partial charge on any atom is 0.120 e. The van der Waals surface area contributed by atoms with Gasteiger partial charge in [-0.15, -0.1) is 11.3 Å². The monoisotopic (exact) mass is 340 g/mol. The Hall–Kier alpha value is -0.840. The van der Waals surface area contributed by atoms with Crippen LogP contribution in [0.5, 0.6) is 5.75 Å². The molecule has 1 aromatic heterocycles. The summed E-state index contributed by atoms with van der Waals surface area (Å²) in [6, 6.07) is 9.61. The molecule has 1 N–H and O–H groups in total. The molecule has 0 aliphatic heterocycles. The van der Waals surface area contributed by atoms with Crippen molar-refractivity contribution in [2.45, 2.75) is 33.0 Å². The molecule has 0 saturated carbocycles. The second-order valence-electron chi connectivity index (χ2n) is 4.70. The quantitative estimate of drug-likeness (QED) is 0.874. The molecule has 1 heterocycles. The topological polar surface area (TPSA) is 29.5 Å². The van der Waals surface area contributed by atoms with Crippen LogP contribution in [0.2, 0.25) is 0 Å². The smallest absolute Gasteiger partial charge is 0.120 e. The van der Waals surface area contributed by atoms with Crippen LogP contribution in [0.25, 0.3) is 0 Å². The van der Waals surface area contributed by atoms with Gasteiger partial charge in [-0.05, 0) is 66.0 Å². The van der Waals surface area contributed by atoms with Gasteiger partial charge in [-0.25, -0.2) is 0 Å². The third-order valence-corrected chi connectivity index (χ3v) is 4.34. The van der Waals surface area contributed by atoms with Gasteiger partial charge < -0.3 is 9.84 Å². The highest BCUT2D eigenvalue weighted by molar-refractivity contribution is 9.11. The Labute approximate surface area is 126 Å². The highest BCUT2D eigenvalue weighted by atomic mass is 79.9. The van der Waals surface area contributed by atoms with Crippen LogP contribution in [0.15, 0.2) is 34.1 Å². The van der Waals surface area contributed by atoms with Crippen LogP contribution in [0, 0.1) is 6.92 Å². The second-order valence-corrected chi connectivity index (χ2v) is 7.34. The molecule has 1 unspecified atom stereocenters. The van der Waals surface area contributed by atoms with Crippen LogP contribution in [0.1, 0.15) is 36.0 Å². The molecular weight excluding hydrogens is 324 g/mol. The number of hydrogen-bond donors (Lipinski definition) is 1. The lowest BCUT2D eigenvalue weighted by Gasteiger charge is -2.14. The molecule has 0 fully saturated rings. The maximum absolute atomic E-state index is 10.5. The lowest BCUT2D eigenvalue weighted by Crippen LogP contribution is -2.06. The SMILES string of the molecule is Cc1sc(Br)cc1C(O)c1cccc(OC(C)C)c1. The summed E-state index contributed by atoms with van der Waals surface area (Å²) in [7, 11) is 0. The molecule has 0 aliphatic rings. The molecule has 1 aromatic carbocycles. The minimum atomic E-state index is -0.613. The van der Waals surface area contributed by atoms with Crippen molar-refractivity contribution in [3.8, 4) is 5.75 Å². The minimum Gasteiger partial charge on any atom is -0.491 e. The first kappa shape index (κ1) is 14.6. The number of benzene rings is 1. The van der Waals surface area contributed by atoms with E-state index in [2.05, 4.69) is 15.9 Å². The number of aliphatic hydroxyl groups excluding tert-OH is 1. The molecule has 0 amide bonds. The molecule has 0 aliphatic carbocycles. The van der Waals surface area contributed by atoms with Crippen molar-refractivity contribution in [1.82, 2.24) is 0 Å². The van der Waals surface area contributed by atoms with Gasteiger partial charge >= 0.3 is 0 Å². The summed E-state index contributed by atoms with van der Waals surface area (Å²) >= 11 is 5.09. The van der Waals surface area contributed by atoms with E-state index in [4.69, 9.17) is 4.74 Å². The van der Waals surface area contributed by atoms with Crippen LogP contribution in [-0.4, -0.2) is 11.2 Å². The summed E-state index contributed by atoms with van der Waals surface area (Å²) in [6.07, 6.45) is -0.484. The van der Waals surface area contributed by atoms with E-state index < -0.39 is 6.10 Å². The van der Waals surface area contributed by atoms with Crippen molar-refractivity contribution in [2.75, 3.05) is 0 Å². The van der Waals surface area contributed by atoms with E-state index in [1.54, 1.807) is 11.3 Å². The first-order chi connectivity index (χ1) is 8.97. The van der Waals surface area contributed by atoms with Gasteiger partial charge in [0.05, 0.1) is 9.89 Å². The first-order valence-electron chi connectivity index (χ1n) is 6.18. The minimum absolute atomic E-state index is 0.129. The van der Waals surface area contributed by atoms with E-state index in [1.165, 1.54) is 0 Å². The van der Waals surface area contributed by atoms with E-state index in [9.17, 15) is 5.11 Å². The summed E-state index contributed by atoms with van der Waals surface area (Å²) < 4.78 is 6.69. The van der Waals surface area contributed by atoms with Gasteiger partial charge in [0.2, 0.25) is 0 Å². The Bertz CT molecular complexity index is 563. The second kappa shape index (κ2) is 6.07. The standard InChI is InChI=1S/C15H17BrO2S/c1-9(2)18-12-6-4-5-11(7-12)15(17)13-8-14(16)19-10(13)3/h4-9,15,17H,1-3H3. The zero-order valence-corrected chi connectivity index (χ0v) is 13.6. The third-order valence-electron chi connectivity index (χ3n) is 2.77. The zero-order chi connectivity index (χ0) is 14.0. The van der Waals surface area contributed by atoms with Crippen LogP contribution < -0.4 is 4.74 Å². The molecule has 0 radical (unpaired) electrons. The fourth-order valence-corrected chi connectivity index (χ4v) is 3.68. The molecule has 0 bridgehead atoms. The molecule has 19 heavy (non-hydrogen) atoms. The largest absolute Gasteiger partial charge is 0.491 e. The maximum atomic E-state index is 10.5. The summed E-state index contributed by atoms with van der Waals surface area (Å²) in [4.78, 5) is 1.12. The van der Waals surface area contributed by atoms with E-state index >= 15 is 0 Å². The van der Waals surface area contributed by atoms with Crippen LogP contribution in [0.3, 0.4) is 0 Å². The Kier molecular flexibility index (Phi) is 4.66. The summed E-state index contributed by atoms with van der Waals surface area (Å²) in [5.74, 6) is 0.790. The van der Waals surface area contributed by atoms with E-state index in [0.717, 1.165) is 25.5 Å². The Morgan fingerprint density at radius 3 is 2.58 bits per heavy atom. The van der Waals surface area contributed by atoms with Crippen molar-refractivity contribution < 1.29 is 9.84 Å². The number of thiophene rings is 1. The number of rotatable bonds is 4. The lowest BCUT2D eigenvalue weighted by molar-refractivity contribution is 0.216. The lowest BCUT2D eigenvalue weighted by atomic mass is 10.0. The Balaban J connectivity index is 2.28. The van der Waals surface area contributed by atoms with E-state index in [0.29, 0.717) is 0 Å². The van der Waals surface area contributed by atoms with Crippen molar-refractivity contribution >= 4 is 27.3 Å². The third kappa shape index (κ3) is 3.59. The summed E-state index contributed by atoms with van der Waals surface area (Å²) in [6.45, 7) is 5.99. The summed E-state index contributed by atoms with van der Waals surface area (Å²) in [5, 5.41) is 10.5. The Morgan fingerprint density at radius 1 is 1.26 bits per heavy atom. The van der Waals surface area contributed by atoms with Gasteiger partial charge in [-0.1, -0.05) is 12.1 Å². The molecule has 0 spiro atoms. The fourth-order valence-electron chi connectivity index (χ4n) is 1.94. The van der Waals surface area contributed by atoms with Gasteiger partial charge in [0.15, 0.2) is 0 Å². The zero-order valence-electron chi connectivity index (χ0n) is 11.2. The summed E-state index contributed by atoms with van der Waals surface area (Å²) in [5.41, 5.74) is 1.80. The van der Waals surface area contributed by atoms with Crippen molar-refractivity contribution in [3.05, 3.63) is 50.1 Å². The van der Waals surface area contributed by atoms with Gasteiger partial charge in [0, 0.05) is 4.88 Å². The van der Waals surface area contributed by atoms with Crippen LogP contribution in [0.4, 0.5) is 0 Å². The first-order valence-corrected chi connectivity index (χ1v) is 7.79. The predicted octanol–water partition coefficient (Wildman–Crippen LogP) is 4.69. The molecule has 102 valence electrons. The molecular formula is C15H17BrO2S. The highest BCUT2D eigenvalue weighted by Gasteiger charge is 2.16. The molecule has 2 rings (SSSR count). The van der Waals surface area contributed by atoms with Gasteiger partial charge in [-0.2, -0.15) is 0 Å². The number of aryl methyl sites for hydroxylation is 1. The van der Waals surface area contributed by atoms with Crippen LogP contribution >= 0.6 is 27.3 Å². The predicted molar refractivity (Wildman–Crippen MR) is 83.0 cm³/mol. The molecule has 1 atom stereocenters. The number of aliphatic hydroxyl groups is 1. The molecule has 2 nitrogen and oxygen atoms in total. The van der Waals surface area contributed by atoms with Crippen molar-refractivity contribution in [3.63, 3.8) is 0 Å². The average Bonchev–Trinajstić information content (AvgIpc) is 2.67. The van der Waals surface area contributed by atoms with Gasteiger partial charge in [-0.3, -0.25) is 0 Å². The normalized spacial score (nSPS) is 12.7. The van der Waals surface area contributed by atoms with E-state index in [-0.39, 0.29) is 6.10 Å². The average molecular weight is 341 g/mol. The van der Waals surface area contributed by atoms with Gasteiger partial charge in [0.25, 0.3) is 0 Å². The number of hydrogen-bond acceptors (Lipinski definition) is 3.